The third-order valence-corrected chi connectivity index (χ3v) is 2.34. The van der Waals surface area contributed by atoms with E-state index in [1.54, 1.807) is 0 Å². The van der Waals surface area contributed by atoms with E-state index in [2.05, 4.69) is 5.32 Å². The van der Waals surface area contributed by atoms with Crippen LogP contribution in [0.5, 0.6) is 0 Å². The Hall–Kier alpha value is -0.250. The monoisotopic (exact) mass is 229 g/mol. The van der Waals surface area contributed by atoms with Crippen LogP contribution >= 0.6 is 0 Å². The van der Waals surface area contributed by atoms with Gasteiger partial charge in [0.2, 0.25) is 0 Å². The summed E-state index contributed by atoms with van der Waals surface area (Å²) in [6, 6.07) is 0. The van der Waals surface area contributed by atoms with Gasteiger partial charge in [0.25, 0.3) is 16.0 Å². The topological polar surface area (TPSA) is 105 Å². The lowest BCUT2D eigenvalue weighted by molar-refractivity contribution is -0.245. The Kier molecular flexibility index (Phi) is 5.49. The molecule has 8 heteroatoms. The van der Waals surface area contributed by atoms with E-state index >= 15 is 0 Å². The zero-order chi connectivity index (χ0) is 11.2. The Morgan fingerprint density at radius 1 is 1.36 bits per heavy atom. The van der Waals surface area contributed by atoms with Crippen LogP contribution in [0.25, 0.3) is 0 Å². The number of rotatable bonds is 7. The van der Waals surface area contributed by atoms with Gasteiger partial charge in [0.05, 0.1) is 5.75 Å². The summed E-state index contributed by atoms with van der Waals surface area (Å²) in [5.74, 6) is -1.91. The molecule has 0 unspecified atom stereocenters. The van der Waals surface area contributed by atoms with Gasteiger partial charge in [0, 0.05) is 20.8 Å². The highest BCUT2D eigenvalue weighted by molar-refractivity contribution is 7.85. The summed E-state index contributed by atoms with van der Waals surface area (Å²) in [5, 5.41) is 11.4. The molecule has 14 heavy (non-hydrogen) atoms. The summed E-state index contributed by atoms with van der Waals surface area (Å²) in [6.45, 7) is -0.577. The van der Waals surface area contributed by atoms with Gasteiger partial charge in [-0.15, -0.1) is 0 Å². The second-order valence-electron chi connectivity index (χ2n) is 2.53. The number of hydrogen-bond donors (Lipinski definition) is 3. The number of aliphatic hydroxyl groups excluding tert-OH is 1. The average molecular weight is 229 g/mol. The van der Waals surface area contributed by atoms with Gasteiger partial charge < -0.3 is 14.6 Å². The van der Waals surface area contributed by atoms with Gasteiger partial charge in [0.15, 0.2) is 0 Å². The van der Waals surface area contributed by atoms with Gasteiger partial charge in [-0.2, -0.15) is 8.42 Å². The fraction of sp³-hybridized carbons (Fsp3) is 1.00. The molecule has 0 radical (unpaired) electrons. The van der Waals surface area contributed by atoms with Crippen molar-refractivity contribution >= 4 is 10.1 Å². The van der Waals surface area contributed by atoms with Crippen molar-refractivity contribution in [3.63, 3.8) is 0 Å². The molecule has 0 rings (SSSR count). The van der Waals surface area contributed by atoms with Crippen molar-refractivity contribution in [1.29, 1.82) is 0 Å². The van der Waals surface area contributed by atoms with E-state index in [9.17, 15) is 8.42 Å². The molecule has 0 spiro atoms. The zero-order valence-electron chi connectivity index (χ0n) is 8.06. The van der Waals surface area contributed by atoms with Gasteiger partial charge in [-0.1, -0.05) is 0 Å². The number of hydrogen-bond acceptors (Lipinski definition) is 6. The van der Waals surface area contributed by atoms with Crippen LogP contribution in [0.4, 0.5) is 0 Å². The predicted octanol–water partition coefficient (Wildman–Crippen LogP) is -1.60. The van der Waals surface area contributed by atoms with Crippen LogP contribution < -0.4 is 5.32 Å². The van der Waals surface area contributed by atoms with Gasteiger partial charge in [-0.05, 0) is 0 Å². The van der Waals surface area contributed by atoms with Gasteiger partial charge in [0.1, 0.15) is 6.61 Å². The smallest absolute Gasteiger partial charge is 0.266 e. The lowest BCUT2D eigenvalue weighted by atomic mass is 10.5. The second kappa shape index (κ2) is 5.59. The van der Waals surface area contributed by atoms with E-state index in [-0.39, 0.29) is 6.54 Å². The van der Waals surface area contributed by atoms with Crippen molar-refractivity contribution in [2.45, 2.75) is 5.91 Å². The SMILES string of the molecule is COC(CO)(NCCS(=O)(=O)O)OC. The van der Waals surface area contributed by atoms with Crippen molar-refractivity contribution in [2.24, 2.45) is 0 Å². The molecule has 0 aliphatic carbocycles. The first-order chi connectivity index (χ1) is 6.39. The largest absolute Gasteiger partial charge is 0.389 e. The fourth-order valence-corrected chi connectivity index (χ4v) is 1.14. The van der Waals surface area contributed by atoms with Gasteiger partial charge >= 0.3 is 0 Å². The van der Waals surface area contributed by atoms with Crippen LogP contribution in [-0.2, 0) is 19.6 Å². The molecule has 86 valence electrons. The zero-order valence-corrected chi connectivity index (χ0v) is 8.87. The highest BCUT2D eigenvalue weighted by Crippen LogP contribution is 2.04. The van der Waals surface area contributed by atoms with E-state index in [4.69, 9.17) is 19.1 Å². The minimum atomic E-state index is -4.03. The minimum Gasteiger partial charge on any atom is -0.389 e. The van der Waals surface area contributed by atoms with Crippen molar-refractivity contribution in [1.82, 2.24) is 5.32 Å². The van der Waals surface area contributed by atoms with Crippen LogP contribution in [0.15, 0.2) is 0 Å². The Morgan fingerprint density at radius 2 is 1.86 bits per heavy atom. The quantitative estimate of drug-likeness (QED) is 0.357. The molecular weight excluding hydrogens is 214 g/mol. The molecule has 0 aromatic heterocycles. The van der Waals surface area contributed by atoms with Crippen molar-refractivity contribution in [2.75, 3.05) is 33.1 Å². The van der Waals surface area contributed by atoms with Crippen molar-refractivity contribution in [3.05, 3.63) is 0 Å². The maximum atomic E-state index is 10.4. The summed E-state index contributed by atoms with van der Waals surface area (Å²) in [7, 11) is -1.44. The van der Waals surface area contributed by atoms with E-state index in [0.717, 1.165) is 0 Å². The van der Waals surface area contributed by atoms with Crippen molar-refractivity contribution < 1.29 is 27.6 Å². The Balaban J connectivity index is 4.08. The summed E-state index contributed by atoms with van der Waals surface area (Å²) in [5.41, 5.74) is 0. The molecule has 0 aliphatic rings. The first-order valence-corrected chi connectivity index (χ1v) is 5.41. The Morgan fingerprint density at radius 3 is 2.14 bits per heavy atom. The Labute approximate surface area is 82.8 Å². The van der Waals surface area contributed by atoms with Gasteiger partial charge in [-0.3, -0.25) is 9.87 Å². The summed E-state index contributed by atoms with van der Waals surface area (Å²) >= 11 is 0. The molecule has 0 fully saturated rings. The van der Waals surface area contributed by atoms with Crippen LogP contribution in [0.3, 0.4) is 0 Å². The van der Waals surface area contributed by atoms with Crippen LogP contribution in [0, 0.1) is 0 Å². The molecule has 0 aliphatic heterocycles. The third kappa shape index (κ3) is 4.84. The first-order valence-electron chi connectivity index (χ1n) is 3.80. The van der Waals surface area contributed by atoms with E-state index in [1.807, 2.05) is 0 Å². The van der Waals surface area contributed by atoms with Crippen LogP contribution in [0.2, 0.25) is 0 Å². The maximum Gasteiger partial charge on any atom is 0.266 e. The van der Waals surface area contributed by atoms with Crippen LogP contribution in [-0.4, -0.2) is 57.1 Å². The summed E-state index contributed by atoms with van der Waals surface area (Å²) < 4.78 is 38.7. The number of aliphatic hydroxyl groups is 1. The number of ether oxygens (including phenoxy) is 2. The highest BCUT2D eigenvalue weighted by atomic mass is 32.2. The predicted molar refractivity (Wildman–Crippen MR) is 48.3 cm³/mol. The van der Waals surface area contributed by atoms with E-state index in [1.165, 1.54) is 14.2 Å². The maximum absolute atomic E-state index is 10.4. The van der Waals surface area contributed by atoms with Gasteiger partial charge in [-0.25, -0.2) is 0 Å². The molecule has 0 atom stereocenters. The Bertz CT molecular complexity index is 239. The standard InChI is InChI=1S/C6H15NO6S/c1-12-6(5-8,13-2)7-3-4-14(9,10)11/h7-8H,3-5H2,1-2H3,(H,9,10,11). The summed E-state index contributed by atoms with van der Waals surface area (Å²) in [6.07, 6.45) is 0. The third-order valence-electron chi connectivity index (χ3n) is 1.62. The minimum absolute atomic E-state index is 0.0962. The molecule has 0 saturated heterocycles. The lowest BCUT2D eigenvalue weighted by Crippen LogP contribution is -2.53. The van der Waals surface area contributed by atoms with E-state index < -0.39 is 28.4 Å². The molecule has 0 aromatic rings. The number of methoxy groups -OCH3 is 2. The number of nitrogens with one attached hydrogen (secondary N) is 1. The molecule has 3 N–H and O–H groups in total. The fourth-order valence-electron chi connectivity index (χ4n) is 0.783. The summed E-state index contributed by atoms with van der Waals surface area (Å²) in [4.78, 5) is 0. The second-order valence-corrected chi connectivity index (χ2v) is 4.10. The molecule has 7 nitrogen and oxygen atoms in total. The average Bonchev–Trinajstić information content (AvgIpc) is 2.11. The van der Waals surface area contributed by atoms with E-state index in [0.29, 0.717) is 0 Å². The molecule has 0 aromatic carbocycles. The molecule has 0 bridgehead atoms. The van der Waals surface area contributed by atoms with Crippen molar-refractivity contribution in [3.8, 4) is 0 Å². The molecular formula is C6H15NO6S. The normalized spacial score (nSPS) is 13.1. The first kappa shape index (κ1) is 13.8. The molecule has 0 heterocycles. The highest BCUT2D eigenvalue weighted by Gasteiger charge is 2.28. The lowest BCUT2D eigenvalue weighted by Gasteiger charge is -2.29. The van der Waals surface area contributed by atoms with Crippen LogP contribution in [0.1, 0.15) is 0 Å². The molecule has 0 amide bonds. The molecule has 0 saturated carbocycles.